The zero-order valence-corrected chi connectivity index (χ0v) is 19.1. The number of anilines is 1. The van der Waals surface area contributed by atoms with Gasteiger partial charge in [-0.25, -0.2) is 4.39 Å². The first-order valence-electron chi connectivity index (χ1n) is 9.40. The highest BCUT2D eigenvalue weighted by Gasteiger charge is 2.20. The topological polar surface area (TPSA) is 85.4 Å². The number of pyridine rings is 1. The number of hydrogen-bond donors (Lipinski definition) is 1. The molecule has 32 heavy (non-hydrogen) atoms. The van der Waals surface area contributed by atoms with Crippen LogP contribution in [-0.2, 0) is 10.1 Å². The van der Waals surface area contributed by atoms with Crippen LogP contribution in [-0.4, -0.2) is 19.3 Å². The molecule has 0 aliphatic rings. The van der Waals surface area contributed by atoms with E-state index in [0.29, 0.717) is 15.4 Å². The molecule has 0 radical (unpaired) electrons. The number of halogens is 2. The van der Waals surface area contributed by atoms with E-state index in [9.17, 15) is 17.6 Å². The molecule has 9 heteroatoms. The number of aromatic nitrogens is 1. The number of hydrogen-bond acceptors (Lipinski definition) is 5. The van der Waals surface area contributed by atoms with Crippen LogP contribution in [0.25, 0.3) is 10.9 Å². The number of rotatable bonds is 5. The average molecular weight is 515 g/mol. The van der Waals surface area contributed by atoms with Gasteiger partial charge in [-0.15, -0.1) is 0 Å². The summed E-state index contributed by atoms with van der Waals surface area (Å²) in [5.41, 5.74) is 1.35. The molecule has 0 aliphatic heterocycles. The summed E-state index contributed by atoms with van der Waals surface area (Å²) in [6.07, 6.45) is 1.50. The standard InChI is InChI=1S/C23H16BrFN2O4S/c1-14-4-7-16(8-5-14)32(29,30)31-21-11-10-20(22-17(21)3-2-12-26-22)27-23(28)18-13-15(24)6-9-19(18)25/h2-13H,1H3,(H,27,28). The molecule has 0 fully saturated rings. The summed E-state index contributed by atoms with van der Waals surface area (Å²) in [6, 6.07) is 16.4. The Morgan fingerprint density at radius 3 is 2.56 bits per heavy atom. The van der Waals surface area contributed by atoms with E-state index in [1.807, 2.05) is 6.92 Å². The highest BCUT2D eigenvalue weighted by atomic mass is 79.9. The van der Waals surface area contributed by atoms with Crippen LogP contribution < -0.4 is 9.50 Å². The molecule has 1 N–H and O–H groups in total. The summed E-state index contributed by atoms with van der Waals surface area (Å²) in [7, 11) is -4.08. The molecule has 0 atom stereocenters. The van der Waals surface area contributed by atoms with E-state index in [4.69, 9.17) is 4.18 Å². The van der Waals surface area contributed by atoms with E-state index in [1.54, 1.807) is 24.3 Å². The second-order valence-corrected chi connectivity index (χ2v) is 9.40. The maximum Gasteiger partial charge on any atom is 0.339 e. The number of benzene rings is 3. The summed E-state index contributed by atoms with van der Waals surface area (Å²) < 4.78 is 45.4. The Balaban J connectivity index is 1.69. The monoisotopic (exact) mass is 514 g/mol. The minimum Gasteiger partial charge on any atom is -0.378 e. The number of carbonyl (C=O) groups excluding carboxylic acids is 1. The third-order valence-corrected chi connectivity index (χ3v) is 6.40. The predicted octanol–water partition coefficient (Wildman–Crippen LogP) is 5.46. The fourth-order valence-electron chi connectivity index (χ4n) is 3.05. The zero-order valence-electron chi connectivity index (χ0n) is 16.7. The molecule has 0 spiro atoms. The van der Waals surface area contributed by atoms with Crippen LogP contribution in [0.4, 0.5) is 10.1 Å². The van der Waals surface area contributed by atoms with Gasteiger partial charge in [0, 0.05) is 16.1 Å². The second-order valence-electron chi connectivity index (χ2n) is 6.94. The third kappa shape index (κ3) is 4.49. The first-order valence-corrected chi connectivity index (χ1v) is 11.6. The lowest BCUT2D eigenvalue weighted by atomic mass is 10.1. The van der Waals surface area contributed by atoms with Crippen LogP contribution in [0.5, 0.6) is 5.75 Å². The molecule has 0 bridgehead atoms. The van der Waals surface area contributed by atoms with E-state index in [1.165, 1.54) is 48.7 Å². The average Bonchev–Trinajstić information content (AvgIpc) is 2.77. The zero-order chi connectivity index (χ0) is 22.9. The molecule has 1 aromatic heterocycles. The molecule has 4 aromatic rings. The molecule has 6 nitrogen and oxygen atoms in total. The van der Waals surface area contributed by atoms with Crippen LogP contribution >= 0.6 is 15.9 Å². The Labute approximate surface area is 192 Å². The van der Waals surface area contributed by atoms with Crippen LogP contribution in [0.3, 0.4) is 0 Å². The van der Waals surface area contributed by atoms with Crippen molar-refractivity contribution in [2.75, 3.05) is 5.32 Å². The quantitative estimate of drug-likeness (QED) is 0.357. The van der Waals surface area contributed by atoms with Crippen LogP contribution in [0.15, 0.2) is 82.3 Å². The molecule has 0 aliphatic carbocycles. The van der Waals surface area contributed by atoms with Gasteiger partial charge in [-0.1, -0.05) is 33.6 Å². The van der Waals surface area contributed by atoms with Crippen LogP contribution in [0, 0.1) is 12.7 Å². The molecule has 1 amide bonds. The van der Waals surface area contributed by atoms with Gasteiger partial charge >= 0.3 is 10.1 Å². The maximum atomic E-state index is 14.1. The largest absolute Gasteiger partial charge is 0.378 e. The number of carbonyl (C=O) groups is 1. The molecular weight excluding hydrogens is 499 g/mol. The van der Waals surface area contributed by atoms with Crippen molar-refractivity contribution in [1.82, 2.24) is 4.98 Å². The number of nitrogens with zero attached hydrogens (tertiary/aromatic N) is 1. The van der Waals surface area contributed by atoms with E-state index in [0.717, 1.165) is 5.56 Å². The summed E-state index contributed by atoms with van der Waals surface area (Å²) in [6.45, 7) is 1.85. The van der Waals surface area contributed by atoms with Crippen LogP contribution in [0.2, 0.25) is 0 Å². The fraction of sp³-hybridized carbons (Fsp3) is 0.0435. The van der Waals surface area contributed by atoms with E-state index < -0.39 is 21.8 Å². The molecule has 0 unspecified atom stereocenters. The van der Waals surface area contributed by atoms with Crippen molar-refractivity contribution in [2.45, 2.75) is 11.8 Å². The molecule has 3 aromatic carbocycles. The van der Waals surface area contributed by atoms with Gasteiger partial charge in [0.1, 0.15) is 10.7 Å². The van der Waals surface area contributed by atoms with Gasteiger partial charge in [0.25, 0.3) is 5.91 Å². The van der Waals surface area contributed by atoms with E-state index in [2.05, 4.69) is 26.2 Å². The molecule has 1 heterocycles. The van der Waals surface area contributed by atoms with E-state index in [-0.39, 0.29) is 21.9 Å². The van der Waals surface area contributed by atoms with Crippen molar-refractivity contribution in [1.29, 1.82) is 0 Å². The lowest BCUT2D eigenvalue weighted by Gasteiger charge is -2.13. The summed E-state index contributed by atoms with van der Waals surface area (Å²) >= 11 is 3.22. The Bertz CT molecular complexity index is 1440. The van der Waals surface area contributed by atoms with Crippen molar-refractivity contribution in [2.24, 2.45) is 0 Å². The van der Waals surface area contributed by atoms with Gasteiger partial charge in [0.05, 0.1) is 16.8 Å². The summed E-state index contributed by atoms with van der Waals surface area (Å²) in [5.74, 6) is -1.29. The minimum atomic E-state index is -4.08. The van der Waals surface area contributed by atoms with Crippen molar-refractivity contribution in [3.05, 3.63) is 94.3 Å². The predicted molar refractivity (Wildman–Crippen MR) is 123 cm³/mol. The van der Waals surface area contributed by atoms with Gasteiger partial charge in [0.15, 0.2) is 5.75 Å². The minimum absolute atomic E-state index is 0.0163. The highest BCUT2D eigenvalue weighted by Crippen LogP contribution is 2.32. The molecule has 0 saturated heterocycles. The van der Waals surface area contributed by atoms with Gasteiger partial charge in [-0.05, 0) is 61.5 Å². The highest BCUT2D eigenvalue weighted by molar-refractivity contribution is 9.10. The Hall–Kier alpha value is -3.30. The first kappa shape index (κ1) is 21.9. The van der Waals surface area contributed by atoms with Gasteiger partial charge < -0.3 is 9.50 Å². The Morgan fingerprint density at radius 2 is 1.81 bits per heavy atom. The molecule has 4 rings (SSSR count). The van der Waals surface area contributed by atoms with Crippen LogP contribution in [0.1, 0.15) is 15.9 Å². The fourth-order valence-corrected chi connectivity index (χ4v) is 4.36. The normalized spacial score (nSPS) is 11.3. The summed E-state index contributed by atoms with van der Waals surface area (Å²) in [4.78, 5) is 16.9. The summed E-state index contributed by atoms with van der Waals surface area (Å²) in [5, 5.41) is 3.00. The first-order chi connectivity index (χ1) is 15.2. The van der Waals surface area contributed by atoms with Gasteiger partial charge in [-0.3, -0.25) is 9.78 Å². The number of fused-ring (bicyclic) bond motifs is 1. The van der Waals surface area contributed by atoms with Gasteiger partial charge in [-0.2, -0.15) is 8.42 Å². The lowest BCUT2D eigenvalue weighted by molar-refractivity contribution is 0.102. The lowest BCUT2D eigenvalue weighted by Crippen LogP contribution is -2.15. The second kappa shape index (κ2) is 8.68. The smallest absolute Gasteiger partial charge is 0.339 e. The molecule has 162 valence electrons. The number of nitrogens with one attached hydrogen (secondary N) is 1. The SMILES string of the molecule is Cc1ccc(S(=O)(=O)Oc2ccc(NC(=O)c3cc(Br)ccc3F)c3ncccc23)cc1. The molecular formula is C23H16BrFN2O4S. The third-order valence-electron chi connectivity index (χ3n) is 4.66. The van der Waals surface area contributed by atoms with Crippen molar-refractivity contribution < 1.29 is 21.8 Å². The van der Waals surface area contributed by atoms with Gasteiger partial charge in [0.2, 0.25) is 0 Å². The number of amides is 1. The Morgan fingerprint density at radius 1 is 1.06 bits per heavy atom. The Kier molecular flexibility index (Phi) is 5.94. The van der Waals surface area contributed by atoms with Crippen molar-refractivity contribution in [3.63, 3.8) is 0 Å². The van der Waals surface area contributed by atoms with E-state index >= 15 is 0 Å². The van der Waals surface area contributed by atoms with Crippen molar-refractivity contribution in [3.8, 4) is 5.75 Å². The van der Waals surface area contributed by atoms with Crippen molar-refractivity contribution >= 4 is 48.5 Å². The maximum absolute atomic E-state index is 14.1. The number of aryl methyl sites for hydroxylation is 1. The molecule has 0 saturated carbocycles.